The first-order valence-corrected chi connectivity index (χ1v) is 12.6. The topological polar surface area (TPSA) is 110 Å². The summed E-state index contributed by atoms with van der Waals surface area (Å²) in [5.41, 5.74) is -2.93. The Morgan fingerprint density at radius 3 is 2.57 bits per heavy atom. The number of hydrogen-bond donors (Lipinski definition) is 2. The summed E-state index contributed by atoms with van der Waals surface area (Å²) in [6.07, 6.45) is -0.774. The fourth-order valence-corrected chi connectivity index (χ4v) is 8.66. The third-order valence-corrected chi connectivity index (χ3v) is 10.2. The summed E-state index contributed by atoms with van der Waals surface area (Å²) < 4.78 is 12.0. The van der Waals surface area contributed by atoms with E-state index in [1.165, 1.54) is 12.1 Å². The van der Waals surface area contributed by atoms with Crippen molar-refractivity contribution in [1.29, 1.82) is 0 Å². The monoisotopic (exact) mass is 500 g/mol. The van der Waals surface area contributed by atoms with Crippen LogP contribution < -0.4 is 0 Å². The molecule has 0 radical (unpaired) electrons. The molecule has 2 spiro atoms. The van der Waals surface area contributed by atoms with Crippen LogP contribution in [0.1, 0.15) is 49.9 Å². The van der Waals surface area contributed by atoms with Gasteiger partial charge < -0.3 is 19.7 Å². The third-order valence-electron chi connectivity index (χ3n) is 9.93. The molecule has 0 amide bonds. The van der Waals surface area contributed by atoms with Gasteiger partial charge in [0.2, 0.25) is 5.79 Å². The number of benzene rings is 1. The number of esters is 1. The number of Topliss-reactive ketones (excluding diaryl/α,β-unsaturated/α-hetero) is 2. The Hall–Kier alpha value is -2.06. The van der Waals surface area contributed by atoms with Gasteiger partial charge in [-0.1, -0.05) is 32.0 Å². The van der Waals surface area contributed by atoms with Crippen LogP contribution in [0.4, 0.5) is 0 Å². The minimum Gasteiger partial charge on any atom is -0.457 e. The first-order chi connectivity index (χ1) is 16.4. The highest BCUT2D eigenvalue weighted by Gasteiger charge is 2.88. The molecule has 0 unspecified atom stereocenters. The number of hydrogen-bond acceptors (Lipinski definition) is 7. The summed E-state index contributed by atoms with van der Waals surface area (Å²) in [5.74, 6) is -5.28. The molecular formula is C27H29ClO7. The van der Waals surface area contributed by atoms with Crippen LogP contribution in [0.3, 0.4) is 0 Å². The van der Waals surface area contributed by atoms with Gasteiger partial charge in [0.25, 0.3) is 0 Å². The Kier molecular flexibility index (Phi) is 4.69. The Morgan fingerprint density at radius 2 is 1.89 bits per heavy atom. The molecule has 2 saturated heterocycles. The molecule has 2 heterocycles. The fourth-order valence-electron chi connectivity index (χ4n) is 8.53. The first-order valence-electron chi connectivity index (χ1n) is 12.2. The maximum absolute atomic E-state index is 14.0. The molecule has 6 aliphatic rings. The van der Waals surface area contributed by atoms with Crippen molar-refractivity contribution in [2.24, 2.45) is 34.0 Å². The molecule has 4 aliphatic carbocycles. The zero-order chi connectivity index (χ0) is 25.1. The van der Waals surface area contributed by atoms with Gasteiger partial charge in [0.15, 0.2) is 5.78 Å². The van der Waals surface area contributed by atoms with Crippen molar-refractivity contribution in [3.05, 3.63) is 47.0 Å². The van der Waals surface area contributed by atoms with E-state index in [0.717, 1.165) is 0 Å². The summed E-state index contributed by atoms with van der Waals surface area (Å²) >= 11 is 5.95. The van der Waals surface area contributed by atoms with Gasteiger partial charge in [-0.05, 0) is 60.4 Å². The largest absolute Gasteiger partial charge is 0.457 e. The highest BCUT2D eigenvalue weighted by atomic mass is 35.5. The number of halogens is 1. The number of fused-ring (bicyclic) bond motifs is 2. The Balaban J connectivity index is 1.53. The van der Waals surface area contributed by atoms with Gasteiger partial charge in [-0.15, -0.1) is 0 Å². The molecule has 4 saturated carbocycles. The molecule has 2 aliphatic heterocycles. The van der Waals surface area contributed by atoms with Crippen LogP contribution in [0.2, 0.25) is 5.02 Å². The standard InChI is InChI=1S/C27H29ClO7/c1-13-16-8-9-17-25-12-34-27(33,21(31)19(25)24(2,3)11-10-18(25)29)26(17,20(13)30)22(16)35-23(32)14-4-6-15(28)7-5-14/h4-7,16-17,19,21-22,31,33H,1,8-12H2,2-3H3/t16-,17-,19+,21-,22+,25+,26-,27-/m0/s1. The highest BCUT2D eigenvalue weighted by Crippen LogP contribution is 2.76. The van der Waals surface area contributed by atoms with E-state index in [2.05, 4.69) is 6.58 Å². The summed E-state index contributed by atoms with van der Waals surface area (Å²) in [7, 11) is 0. The third kappa shape index (κ3) is 2.50. The van der Waals surface area contributed by atoms with Gasteiger partial charge in [0.1, 0.15) is 23.4 Å². The Labute approximate surface area is 208 Å². The van der Waals surface area contributed by atoms with Crippen molar-refractivity contribution >= 4 is 29.1 Å². The van der Waals surface area contributed by atoms with Gasteiger partial charge in [0.05, 0.1) is 17.6 Å². The molecular weight excluding hydrogens is 472 g/mol. The number of rotatable bonds is 2. The molecule has 8 heteroatoms. The minimum absolute atomic E-state index is 0.0569. The molecule has 6 fully saturated rings. The van der Waals surface area contributed by atoms with E-state index in [0.29, 0.717) is 30.7 Å². The predicted octanol–water partition coefficient (Wildman–Crippen LogP) is 3.10. The second kappa shape index (κ2) is 7.03. The van der Waals surface area contributed by atoms with Gasteiger partial charge in [0, 0.05) is 23.3 Å². The summed E-state index contributed by atoms with van der Waals surface area (Å²) in [6, 6.07) is 6.18. The maximum atomic E-state index is 14.0. The number of aliphatic hydroxyl groups is 2. The summed E-state index contributed by atoms with van der Waals surface area (Å²) in [5, 5.41) is 24.3. The van der Waals surface area contributed by atoms with Crippen molar-refractivity contribution in [2.75, 3.05) is 6.61 Å². The lowest BCUT2D eigenvalue weighted by atomic mass is 9.36. The second-order valence-corrected chi connectivity index (χ2v) is 12.1. The van der Waals surface area contributed by atoms with E-state index < -0.39 is 63.7 Å². The lowest BCUT2D eigenvalue weighted by Gasteiger charge is -2.72. The van der Waals surface area contributed by atoms with E-state index in [4.69, 9.17) is 21.1 Å². The molecule has 35 heavy (non-hydrogen) atoms. The van der Waals surface area contributed by atoms with Gasteiger partial charge in [-0.25, -0.2) is 4.79 Å². The second-order valence-electron chi connectivity index (χ2n) is 11.7. The van der Waals surface area contributed by atoms with Crippen molar-refractivity contribution in [3.8, 4) is 0 Å². The van der Waals surface area contributed by atoms with Crippen molar-refractivity contribution < 1.29 is 34.1 Å². The van der Waals surface area contributed by atoms with E-state index in [9.17, 15) is 24.6 Å². The number of carbonyl (C=O) groups excluding carboxylic acids is 3. The van der Waals surface area contributed by atoms with Crippen molar-refractivity contribution in [2.45, 2.75) is 57.5 Å². The lowest BCUT2D eigenvalue weighted by molar-refractivity contribution is -0.436. The van der Waals surface area contributed by atoms with Crippen LogP contribution in [0.5, 0.6) is 0 Å². The molecule has 7 nitrogen and oxygen atoms in total. The number of carbonyl (C=O) groups is 3. The SMILES string of the molecule is C=C1C(=O)[C@]23[C@H](OC(=O)c4ccc(Cl)cc4)[C@H]1CC[C@H]2[C@@]12CO[C@@]3(O)[C@@H](O)[C@@H]1C(C)(C)CCC2=O. The van der Waals surface area contributed by atoms with Crippen LogP contribution >= 0.6 is 11.6 Å². The van der Waals surface area contributed by atoms with Crippen LogP contribution in [-0.2, 0) is 19.1 Å². The number of aliphatic hydroxyl groups excluding tert-OH is 1. The summed E-state index contributed by atoms with van der Waals surface area (Å²) in [4.78, 5) is 40.9. The zero-order valence-electron chi connectivity index (χ0n) is 19.8. The average Bonchev–Trinajstić information content (AvgIpc) is 2.93. The van der Waals surface area contributed by atoms with Gasteiger partial charge in [-0.3, -0.25) is 9.59 Å². The lowest BCUT2D eigenvalue weighted by Crippen LogP contribution is -2.85. The first kappa shape index (κ1) is 23.3. The maximum Gasteiger partial charge on any atom is 0.338 e. The molecule has 186 valence electrons. The minimum atomic E-state index is -2.31. The van der Waals surface area contributed by atoms with Crippen molar-refractivity contribution in [3.63, 3.8) is 0 Å². The Morgan fingerprint density at radius 1 is 1.20 bits per heavy atom. The quantitative estimate of drug-likeness (QED) is 0.474. The fraction of sp³-hybridized carbons (Fsp3) is 0.593. The molecule has 4 bridgehead atoms. The Bertz CT molecular complexity index is 1170. The average molecular weight is 501 g/mol. The van der Waals surface area contributed by atoms with Crippen LogP contribution in [0.15, 0.2) is 36.4 Å². The predicted molar refractivity (Wildman–Crippen MR) is 124 cm³/mol. The van der Waals surface area contributed by atoms with Crippen LogP contribution in [0, 0.1) is 34.0 Å². The van der Waals surface area contributed by atoms with Crippen LogP contribution in [0.25, 0.3) is 0 Å². The van der Waals surface area contributed by atoms with E-state index >= 15 is 0 Å². The normalized spacial score (nSPS) is 45.2. The smallest absolute Gasteiger partial charge is 0.338 e. The number of ether oxygens (including phenoxy) is 2. The molecule has 1 aromatic rings. The molecule has 2 N–H and O–H groups in total. The van der Waals surface area contributed by atoms with Gasteiger partial charge >= 0.3 is 5.97 Å². The van der Waals surface area contributed by atoms with Crippen molar-refractivity contribution in [1.82, 2.24) is 0 Å². The zero-order valence-corrected chi connectivity index (χ0v) is 20.5. The van der Waals surface area contributed by atoms with E-state index in [1.54, 1.807) is 12.1 Å². The molecule has 0 aromatic heterocycles. The molecule has 8 atom stereocenters. The molecule has 7 rings (SSSR count). The molecule has 1 aromatic carbocycles. The number of ketones is 2. The van der Waals surface area contributed by atoms with E-state index in [-0.39, 0.29) is 23.5 Å². The van der Waals surface area contributed by atoms with Crippen LogP contribution in [-0.4, -0.2) is 52.4 Å². The van der Waals surface area contributed by atoms with E-state index in [1.807, 2.05) is 13.8 Å². The summed E-state index contributed by atoms with van der Waals surface area (Å²) in [6.45, 7) is 7.92. The van der Waals surface area contributed by atoms with Gasteiger partial charge in [-0.2, -0.15) is 0 Å². The highest BCUT2D eigenvalue weighted by molar-refractivity contribution is 6.30.